The molecule has 1 N–H and O–H groups in total. The van der Waals surface area contributed by atoms with Gasteiger partial charge in [0, 0.05) is 5.56 Å². The van der Waals surface area contributed by atoms with Gasteiger partial charge in [0.25, 0.3) is 11.7 Å². The molecule has 0 aliphatic carbocycles. The number of aryl methyl sites for hydroxylation is 1. The number of aliphatic hydroxyl groups is 1. The van der Waals surface area contributed by atoms with Crippen molar-refractivity contribution in [2.45, 2.75) is 19.5 Å². The Hall–Kier alpha value is -3.67. The molecule has 1 atom stereocenters. The van der Waals surface area contributed by atoms with Crippen molar-refractivity contribution >= 4 is 17.4 Å². The van der Waals surface area contributed by atoms with Gasteiger partial charge in [0.05, 0.1) is 24.4 Å². The van der Waals surface area contributed by atoms with Crippen LogP contribution in [-0.2, 0) is 16.1 Å². The van der Waals surface area contributed by atoms with E-state index in [4.69, 9.17) is 4.42 Å². The van der Waals surface area contributed by atoms with Crippen molar-refractivity contribution in [2.24, 2.45) is 0 Å². The van der Waals surface area contributed by atoms with E-state index >= 15 is 0 Å². The van der Waals surface area contributed by atoms with Gasteiger partial charge in [0.2, 0.25) is 0 Å². The van der Waals surface area contributed by atoms with Crippen LogP contribution in [0.2, 0.25) is 0 Å². The van der Waals surface area contributed by atoms with Crippen LogP contribution in [0.3, 0.4) is 0 Å². The minimum atomic E-state index is -0.859. The number of hydrogen-bond acceptors (Lipinski definition) is 4. The van der Waals surface area contributed by atoms with Gasteiger partial charge in [-0.1, -0.05) is 42.0 Å². The van der Waals surface area contributed by atoms with Crippen LogP contribution in [0.1, 0.15) is 28.5 Å². The Morgan fingerprint density at radius 3 is 2.38 bits per heavy atom. The Kier molecular flexibility index (Phi) is 4.76. The molecular weight excluding hydrogens is 373 g/mol. The fraction of sp³-hybridized carbons (Fsp3) is 0.130. The molecule has 4 rings (SSSR count). The third-order valence-electron chi connectivity index (χ3n) is 4.96. The van der Waals surface area contributed by atoms with E-state index in [-0.39, 0.29) is 17.9 Å². The summed E-state index contributed by atoms with van der Waals surface area (Å²) in [6.45, 7) is 1.95. The van der Waals surface area contributed by atoms with Crippen molar-refractivity contribution in [3.05, 3.63) is 101 Å². The zero-order valence-corrected chi connectivity index (χ0v) is 15.6. The number of amides is 1. The average Bonchev–Trinajstić information content (AvgIpc) is 3.31. The number of aliphatic hydroxyl groups excluding tert-OH is 1. The van der Waals surface area contributed by atoms with E-state index in [1.54, 1.807) is 36.4 Å². The number of likely N-dealkylation sites (tertiary alicyclic amines) is 1. The highest BCUT2D eigenvalue weighted by Crippen LogP contribution is 2.40. The Morgan fingerprint density at radius 1 is 1.07 bits per heavy atom. The standard InChI is InChI=1S/C23H18FNO4/c1-14-4-6-16(7-5-14)21(26)19-20(15-8-10-17(24)11-9-15)25(23(28)22(19)27)13-18-3-2-12-29-18/h2-12,20,26H,13H2,1H3/b21-19+. The summed E-state index contributed by atoms with van der Waals surface area (Å²) in [4.78, 5) is 27.0. The second kappa shape index (κ2) is 7.39. The summed E-state index contributed by atoms with van der Waals surface area (Å²) in [6, 6.07) is 15.0. The number of Topliss-reactive ketones (excluding diaryl/α,β-unsaturated/α-hetero) is 1. The summed E-state index contributed by atoms with van der Waals surface area (Å²) in [7, 11) is 0. The van der Waals surface area contributed by atoms with Crippen LogP contribution in [0.4, 0.5) is 4.39 Å². The quantitative estimate of drug-likeness (QED) is 0.408. The molecule has 2 aromatic carbocycles. The zero-order valence-electron chi connectivity index (χ0n) is 15.6. The van der Waals surface area contributed by atoms with Crippen LogP contribution in [0.15, 0.2) is 76.9 Å². The lowest BCUT2D eigenvalue weighted by Gasteiger charge is -2.24. The van der Waals surface area contributed by atoms with Crippen LogP contribution in [-0.4, -0.2) is 21.7 Å². The number of hydrogen-bond donors (Lipinski definition) is 1. The predicted molar refractivity (Wildman–Crippen MR) is 104 cm³/mol. The van der Waals surface area contributed by atoms with Crippen LogP contribution in [0.5, 0.6) is 0 Å². The van der Waals surface area contributed by atoms with Crippen molar-refractivity contribution in [1.82, 2.24) is 4.90 Å². The largest absolute Gasteiger partial charge is 0.507 e. The van der Waals surface area contributed by atoms with Gasteiger partial charge in [-0.2, -0.15) is 0 Å². The second-order valence-electron chi connectivity index (χ2n) is 6.92. The molecule has 2 heterocycles. The summed E-state index contributed by atoms with van der Waals surface area (Å²) in [5.41, 5.74) is 1.91. The number of furan rings is 1. The first-order valence-electron chi connectivity index (χ1n) is 9.09. The van der Waals surface area contributed by atoms with Gasteiger partial charge in [-0.3, -0.25) is 9.59 Å². The smallest absolute Gasteiger partial charge is 0.296 e. The first kappa shape index (κ1) is 18.7. The van der Waals surface area contributed by atoms with Gasteiger partial charge in [0.1, 0.15) is 17.3 Å². The molecule has 0 radical (unpaired) electrons. The van der Waals surface area contributed by atoms with Crippen molar-refractivity contribution in [3.63, 3.8) is 0 Å². The Bertz CT molecular complexity index is 1080. The monoisotopic (exact) mass is 391 g/mol. The van der Waals surface area contributed by atoms with Gasteiger partial charge in [-0.05, 0) is 36.8 Å². The van der Waals surface area contributed by atoms with Crippen molar-refractivity contribution in [1.29, 1.82) is 0 Å². The molecule has 5 nitrogen and oxygen atoms in total. The number of nitrogens with zero attached hydrogens (tertiary/aromatic N) is 1. The van der Waals surface area contributed by atoms with Crippen LogP contribution in [0.25, 0.3) is 5.76 Å². The molecule has 1 fully saturated rings. The van der Waals surface area contributed by atoms with Crippen LogP contribution in [0, 0.1) is 12.7 Å². The first-order valence-corrected chi connectivity index (χ1v) is 9.09. The van der Waals surface area contributed by atoms with E-state index < -0.39 is 23.5 Å². The molecule has 1 unspecified atom stereocenters. The summed E-state index contributed by atoms with van der Waals surface area (Å²) in [5.74, 6) is -1.74. The molecule has 29 heavy (non-hydrogen) atoms. The lowest BCUT2D eigenvalue weighted by molar-refractivity contribution is -0.140. The molecule has 1 amide bonds. The number of ketones is 1. The normalized spacial score (nSPS) is 18.4. The molecule has 1 aromatic heterocycles. The van der Waals surface area contributed by atoms with E-state index in [0.29, 0.717) is 16.9 Å². The molecule has 1 aliphatic rings. The maximum Gasteiger partial charge on any atom is 0.296 e. The van der Waals surface area contributed by atoms with E-state index in [1.165, 1.54) is 35.4 Å². The van der Waals surface area contributed by atoms with Gasteiger partial charge in [0.15, 0.2) is 0 Å². The van der Waals surface area contributed by atoms with Crippen LogP contribution >= 0.6 is 0 Å². The number of carbonyl (C=O) groups is 2. The predicted octanol–water partition coefficient (Wildman–Crippen LogP) is 4.35. The Morgan fingerprint density at radius 2 is 1.76 bits per heavy atom. The van der Waals surface area contributed by atoms with Crippen molar-refractivity contribution in [2.75, 3.05) is 0 Å². The van der Waals surface area contributed by atoms with Crippen molar-refractivity contribution < 1.29 is 23.5 Å². The lowest BCUT2D eigenvalue weighted by atomic mass is 9.95. The molecule has 0 bridgehead atoms. The van der Waals surface area contributed by atoms with Gasteiger partial charge in [-0.25, -0.2) is 4.39 Å². The van der Waals surface area contributed by atoms with Gasteiger partial charge in [-0.15, -0.1) is 0 Å². The topological polar surface area (TPSA) is 70.8 Å². The van der Waals surface area contributed by atoms with Gasteiger partial charge < -0.3 is 14.4 Å². The summed E-state index contributed by atoms with van der Waals surface area (Å²) in [6.07, 6.45) is 1.48. The number of rotatable bonds is 4. The SMILES string of the molecule is Cc1ccc(/C(O)=C2\C(=O)C(=O)N(Cc3ccco3)C2c2ccc(F)cc2)cc1. The third kappa shape index (κ3) is 3.45. The van der Waals surface area contributed by atoms with Gasteiger partial charge >= 0.3 is 0 Å². The minimum Gasteiger partial charge on any atom is -0.507 e. The summed E-state index contributed by atoms with van der Waals surface area (Å²) in [5, 5.41) is 10.9. The van der Waals surface area contributed by atoms with E-state index in [1.807, 2.05) is 6.92 Å². The van der Waals surface area contributed by atoms with Crippen LogP contribution < -0.4 is 0 Å². The second-order valence-corrected chi connectivity index (χ2v) is 6.92. The summed E-state index contributed by atoms with van der Waals surface area (Å²) >= 11 is 0. The molecule has 1 aliphatic heterocycles. The molecule has 1 saturated heterocycles. The van der Waals surface area contributed by atoms with E-state index in [2.05, 4.69) is 0 Å². The minimum absolute atomic E-state index is 0.0305. The highest BCUT2D eigenvalue weighted by atomic mass is 19.1. The highest BCUT2D eigenvalue weighted by molar-refractivity contribution is 6.46. The Labute approximate surface area is 166 Å². The molecule has 0 saturated carbocycles. The fourth-order valence-corrected chi connectivity index (χ4v) is 3.47. The van der Waals surface area contributed by atoms with E-state index in [0.717, 1.165) is 5.56 Å². The lowest BCUT2D eigenvalue weighted by Crippen LogP contribution is -2.29. The number of benzene rings is 2. The summed E-state index contributed by atoms with van der Waals surface area (Å²) < 4.78 is 18.8. The fourth-order valence-electron chi connectivity index (χ4n) is 3.47. The van der Waals surface area contributed by atoms with E-state index in [9.17, 15) is 19.1 Å². The molecule has 3 aromatic rings. The molecular formula is C23H18FNO4. The first-order chi connectivity index (χ1) is 14.0. The maximum absolute atomic E-state index is 13.5. The Balaban J connectivity index is 1.86. The molecule has 0 spiro atoms. The number of carbonyl (C=O) groups excluding carboxylic acids is 2. The van der Waals surface area contributed by atoms with Crippen molar-refractivity contribution in [3.8, 4) is 0 Å². The maximum atomic E-state index is 13.5. The molecule has 6 heteroatoms. The zero-order chi connectivity index (χ0) is 20.5. The highest BCUT2D eigenvalue weighted by Gasteiger charge is 2.46. The molecule has 146 valence electrons. The third-order valence-corrected chi connectivity index (χ3v) is 4.96. The number of halogens is 1. The average molecular weight is 391 g/mol.